The van der Waals surface area contributed by atoms with Crippen molar-refractivity contribution in [3.05, 3.63) is 35.5 Å². The van der Waals surface area contributed by atoms with Gasteiger partial charge in [0.15, 0.2) is 0 Å². The minimum atomic E-state index is 0.0221. The Labute approximate surface area is 126 Å². The molecule has 2 N–H and O–H groups in total. The number of nitrogens with zero attached hydrogens (tertiary/aromatic N) is 1. The van der Waals surface area contributed by atoms with Crippen molar-refractivity contribution < 1.29 is 5.11 Å². The minimum absolute atomic E-state index is 0.0221. The molecule has 1 aromatic carbocycles. The molecule has 4 rings (SSSR count). The van der Waals surface area contributed by atoms with Crippen LogP contribution < -0.4 is 0 Å². The molecule has 0 bridgehead atoms. The van der Waals surface area contributed by atoms with E-state index in [1.54, 1.807) is 0 Å². The molecule has 0 aliphatic carbocycles. The lowest BCUT2D eigenvalue weighted by Gasteiger charge is -2.51. The molecule has 0 spiro atoms. The lowest BCUT2D eigenvalue weighted by molar-refractivity contribution is -0.0379. The van der Waals surface area contributed by atoms with E-state index >= 15 is 0 Å². The van der Waals surface area contributed by atoms with Gasteiger partial charge in [-0.3, -0.25) is 4.90 Å². The van der Waals surface area contributed by atoms with Gasteiger partial charge in [0, 0.05) is 28.6 Å². The second kappa shape index (κ2) is 4.85. The lowest BCUT2D eigenvalue weighted by atomic mass is 9.68. The van der Waals surface area contributed by atoms with Crippen molar-refractivity contribution in [3.63, 3.8) is 0 Å². The molecule has 0 saturated carbocycles. The summed E-state index contributed by atoms with van der Waals surface area (Å²) in [6.07, 6.45) is 4.51. The van der Waals surface area contributed by atoms with Gasteiger partial charge in [0.05, 0.1) is 12.6 Å². The van der Waals surface area contributed by atoms with Crippen LogP contribution in [0.3, 0.4) is 0 Å². The zero-order chi connectivity index (χ0) is 14.4. The van der Waals surface area contributed by atoms with Gasteiger partial charge in [-0.2, -0.15) is 0 Å². The number of aliphatic hydroxyl groups excluding tert-OH is 1. The molecule has 2 aromatic rings. The smallest absolute Gasteiger partial charge is 0.0580 e. The van der Waals surface area contributed by atoms with Crippen LogP contribution in [0, 0.1) is 5.41 Å². The number of benzene rings is 1. The SMILES string of the molecule is CC[C@]1(CO)CCCN2CCc3c([nH]c4ccccc34)[C@H]21. The molecular formula is C18H24N2O. The zero-order valence-corrected chi connectivity index (χ0v) is 12.7. The van der Waals surface area contributed by atoms with E-state index in [4.69, 9.17) is 0 Å². The summed E-state index contributed by atoms with van der Waals surface area (Å²) < 4.78 is 0. The molecule has 3 heterocycles. The molecule has 2 aliphatic heterocycles. The van der Waals surface area contributed by atoms with Gasteiger partial charge in [0.2, 0.25) is 0 Å². The van der Waals surface area contributed by atoms with E-state index < -0.39 is 0 Å². The Kier molecular flexibility index (Phi) is 3.09. The molecule has 0 unspecified atom stereocenters. The molecule has 3 heteroatoms. The van der Waals surface area contributed by atoms with Gasteiger partial charge in [-0.15, -0.1) is 0 Å². The Bertz CT molecular complexity index is 656. The number of para-hydroxylation sites is 1. The van der Waals surface area contributed by atoms with Gasteiger partial charge in [0.1, 0.15) is 0 Å². The standard InChI is InChI=1S/C18H24N2O/c1-2-18(12-21)9-5-10-20-11-8-14-13-6-3-4-7-15(13)19-16(14)17(18)20/h3-4,6-7,17,19,21H,2,5,8-12H2,1H3/t17-,18+/m0/s1. The first kappa shape index (κ1) is 13.4. The van der Waals surface area contributed by atoms with Crippen LogP contribution >= 0.6 is 0 Å². The van der Waals surface area contributed by atoms with Crippen LogP contribution in [0.2, 0.25) is 0 Å². The van der Waals surface area contributed by atoms with Gasteiger partial charge in [-0.05, 0) is 43.9 Å². The monoisotopic (exact) mass is 284 g/mol. The number of rotatable bonds is 2. The van der Waals surface area contributed by atoms with Gasteiger partial charge >= 0.3 is 0 Å². The number of H-pyrrole nitrogens is 1. The zero-order valence-electron chi connectivity index (χ0n) is 12.7. The third-order valence-electron chi connectivity index (χ3n) is 5.85. The fourth-order valence-electron chi connectivity index (χ4n) is 4.64. The molecule has 1 aromatic heterocycles. The first-order valence-electron chi connectivity index (χ1n) is 8.23. The highest BCUT2D eigenvalue weighted by atomic mass is 16.3. The van der Waals surface area contributed by atoms with E-state index in [9.17, 15) is 5.11 Å². The van der Waals surface area contributed by atoms with Gasteiger partial charge in [-0.1, -0.05) is 25.1 Å². The Morgan fingerprint density at radius 1 is 1.33 bits per heavy atom. The highest BCUT2D eigenvalue weighted by Crippen LogP contribution is 2.51. The summed E-state index contributed by atoms with van der Waals surface area (Å²) in [4.78, 5) is 6.28. The summed E-state index contributed by atoms with van der Waals surface area (Å²) in [6.45, 7) is 4.82. The molecule has 0 radical (unpaired) electrons. The number of piperidine rings is 1. The van der Waals surface area contributed by atoms with Crippen LogP contribution in [-0.4, -0.2) is 34.7 Å². The Morgan fingerprint density at radius 2 is 2.19 bits per heavy atom. The van der Waals surface area contributed by atoms with Gasteiger partial charge < -0.3 is 10.1 Å². The van der Waals surface area contributed by atoms with Crippen LogP contribution in [-0.2, 0) is 6.42 Å². The average Bonchev–Trinajstić information content (AvgIpc) is 2.92. The number of fused-ring (bicyclic) bond motifs is 5. The molecule has 21 heavy (non-hydrogen) atoms. The molecular weight excluding hydrogens is 260 g/mol. The van der Waals surface area contributed by atoms with E-state index in [1.165, 1.54) is 35.1 Å². The Morgan fingerprint density at radius 3 is 3.00 bits per heavy atom. The Balaban J connectivity index is 1.91. The summed E-state index contributed by atoms with van der Waals surface area (Å²) in [5.74, 6) is 0. The largest absolute Gasteiger partial charge is 0.396 e. The van der Waals surface area contributed by atoms with Crippen molar-refractivity contribution in [2.24, 2.45) is 5.41 Å². The van der Waals surface area contributed by atoms with Crippen LogP contribution in [0.1, 0.15) is 43.5 Å². The number of nitrogens with one attached hydrogen (secondary N) is 1. The van der Waals surface area contributed by atoms with Crippen LogP contribution in [0.25, 0.3) is 10.9 Å². The van der Waals surface area contributed by atoms with E-state index in [0.717, 1.165) is 25.8 Å². The third-order valence-corrected chi connectivity index (χ3v) is 5.85. The normalized spacial score (nSPS) is 29.3. The van der Waals surface area contributed by atoms with E-state index in [0.29, 0.717) is 12.6 Å². The lowest BCUT2D eigenvalue weighted by Crippen LogP contribution is -2.50. The quantitative estimate of drug-likeness (QED) is 0.888. The van der Waals surface area contributed by atoms with Crippen molar-refractivity contribution in [1.82, 2.24) is 9.88 Å². The van der Waals surface area contributed by atoms with Crippen LogP contribution in [0.4, 0.5) is 0 Å². The average molecular weight is 284 g/mol. The number of hydrogen-bond donors (Lipinski definition) is 2. The molecule has 1 saturated heterocycles. The number of aliphatic hydroxyl groups is 1. The summed E-state index contributed by atoms with van der Waals surface area (Å²) in [6, 6.07) is 8.99. The maximum Gasteiger partial charge on any atom is 0.0580 e. The topological polar surface area (TPSA) is 39.3 Å². The van der Waals surface area contributed by atoms with Crippen molar-refractivity contribution in [2.45, 2.75) is 38.6 Å². The second-order valence-electron chi connectivity index (χ2n) is 6.73. The predicted molar refractivity (Wildman–Crippen MR) is 85.4 cm³/mol. The van der Waals surface area contributed by atoms with Crippen LogP contribution in [0.5, 0.6) is 0 Å². The molecule has 2 aliphatic rings. The van der Waals surface area contributed by atoms with Gasteiger partial charge in [-0.25, -0.2) is 0 Å². The molecule has 2 atom stereocenters. The predicted octanol–water partition coefficient (Wildman–Crippen LogP) is 3.25. The van der Waals surface area contributed by atoms with E-state index in [-0.39, 0.29) is 5.41 Å². The van der Waals surface area contributed by atoms with Crippen molar-refractivity contribution in [3.8, 4) is 0 Å². The third kappa shape index (κ3) is 1.80. The Hall–Kier alpha value is -1.32. The minimum Gasteiger partial charge on any atom is -0.396 e. The summed E-state index contributed by atoms with van der Waals surface area (Å²) >= 11 is 0. The van der Waals surface area contributed by atoms with Crippen molar-refractivity contribution in [1.29, 1.82) is 0 Å². The van der Waals surface area contributed by atoms with Crippen molar-refractivity contribution >= 4 is 10.9 Å². The fourth-order valence-corrected chi connectivity index (χ4v) is 4.64. The van der Waals surface area contributed by atoms with Gasteiger partial charge in [0.25, 0.3) is 0 Å². The number of aromatic amines is 1. The second-order valence-corrected chi connectivity index (χ2v) is 6.73. The van der Waals surface area contributed by atoms with Crippen LogP contribution in [0.15, 0.2) is 24.3 Å². The molecule has 112 valence electrons. The van der Waals surface area contributed by atoms with Crippen molar-refractivity contribution in [2.75, 3.05) is 19.7 Å². The fraction of sp³-hybridized carbons (Fsp3) is 0.556. The highest BCUT2D eigenvalue weighted by molar-refractivity contribution is 5.85. The summed E-state index contributed by atoms with van der Waals surface area (Å²) in [5.41, 5.74) is 4.13. The van der Waals surface area contributed by atoms with E-state index in [1.807, 2.05) is 0 Å². The number of hydrogen-bond acceptors (Lipinski definition) is 2. The highest BCUT2D eigenvalue weighted by Gasteiger charge is 2.47. The maximum atomic E-state index is 10.1. The molecule has 1 fully saturated rings. The maximum absolute atomic E-state index is 10.1. The molecule has 3 nitrogen and oxygen atoms in total. The summed E-state index contributed by atoms with van der Waals surface area (Å²) in [5, 5.41) is 11.5. The first-order chi connectivity index (χ1) is 10.3. The first-order valence-corrected chi connectivity index (χ1v) is 8.23. The number of aromatic nitrogens is 1. The summed E-state index contributed by atoms with van der Waals surface area (Å²) in [7, 11) is 0. The van der Waals surface area contributed by atoms with E-state index in [2.05, 4.69) is 41.1 Å². The molecule has 0 amide bonds.